The minimum atomic E-state index is -1.28. The Morgan fingerprint density at radius 1 is 1.03 bits per heavy atom. The van der Waals surface area contributed by atoms with Crippen molar-refractivity contribution >= 4 is 5.91 Å². The number of hydrogen-bond donors (Lipinski definition) is 1. The summed E-state index contributed by atoms with van der Waals surface area (Å²) in [4.78, 5) is 16.2. The van der Waals surface area contributed by atoms with Gasteiger partial charge >= 0.3 is 0 Å². The average Bonchev–Trinajstić information content (AvgIpc) is 3.26. The summed E-state index contributed by atoms with van der Waals surface area (Å²) in [6.07, 6.45) is -0.686. The molecule has 2 saturated heterocycles. The number of nitrogens with one attached hydrogen (secondary N) is 1. The van der Waals surface area contributed by atoms with Gasteiger partial charge in [-0.05, 0) is 25.5 Å². The van der Waals surface area contributed by atoms with Crippen molar-refractivity contribution < 1.29 is 32.9 Å². The van der Waals surface area contributed by atoms with Gasteiger partial charge in [-0.1, -0.05) is 48.5 Å². The van der Waals surface area contributed by atoms with Gasteiger partial charge in [0, 0.05) is 44.6 Å². The van der Waals surface area contributed by atoms with E-state index in [0.29, 0.717) is 38.5 Å². The van der Waals surface area contributed by atoms with E-state index in [1.807, 2.05) is 44.2 Å². The van der Waals surface area contributed by atoms with Crippen molar-refractivity contribution in [3.05, 3.63) is 71.5 Å². The molecule has 2 aliphatic heterocycles. The van der Waals surface area contributed by atoms with Gasteiger partial charge in [0.05, 0.1) is 38.6 Å². The molecule has 2 aromatic carbocycles. The molecule has 3 aliphatic rings. The third-order valence-electron chi connectivity index (χ3n) is 7.65. The fraction of sp³-hybridized carbons (Fsp3) is 0.567. The van der Waals surface area contributed by atoms with Crippen LogP contribution in [0.15, 0.2) is 54.6 Å². The summed E-state index contributed by atoms with van der Waals surface area (Å²) < 4.78 is 45.2. The molecule has 0 aromatic heterocycles. The highest BCUT2D eigenvalue weighted by atomic mass is 19.1. The second kappa shape index (κ2) is 12.4. The van der Waals surface area contributed by atoms with Gasteiger partial charge in [-0.2, -0.15) is 0 Å². The Bertz CT molecular complexity index is 1100. The summed E-state index contributed by atoms with van der Waals surface area (Å²) in [5.41, 5.74) is 0.135. The Kier molecular flexibility index (Phi) is 8.96. The van der Waals surface area contributed by atoms with E-state index < -0.39 is 23.6 Å². The lowest BCUT2D eigenvalue weighted by atomic mass is 9.78. The van der Waals surface area contributed by atoms with Crippen LogP contribution in [0.4, 0.5) is 4.39 Å². The van der Waals surface area contributed by atoms with Crippen LogP contribution in [0.2, 0.25) is 0 Å². The number of fused-ring (bicyclic) bond motifs is 1. The Balaban J connectivity index is 1.36. The zero-order valence-corrected chi connectivity index (χ0v) is 22.8. The van der Waals surface area contributed by atoms with Crippen LogP contribution in [0, 0.1) is 5.82 Å². The quantitative estimate of drug-likeness (QED) is 0.493. The van der Waals surface area contributed by atoms with Gasteiger partial charge in [-0.25, -0.2) is 4.39 Å². The van der Waals surface area contributed by atoms with Crippen LogP contribution in [0.3, 0.4) is 0 Å². The Labute approximate surface area is 229 Å². The molecule has 0 unspecified atom stereocenters. The zero-order chi connectivity index (χ0) is 27.3. The van der Waals surface area contributed by atoms with Crippen LogP contribution in [0.25, 0.3) is 0 Å². The Hall–Kier alpha value is -2.40. The van der Waals surface area contributed by atoms with E-state index in [-0.39, 0.29) is 37.3 Å². The predicted molar refractivity (Wildman–Crippen MR) is 142 cm³/mol. The van der Waals surface area contributed by atoms with Crippen molar-refractivity contribution in [3.8, 4) is 0 Å². The first-order valence-electron chi connectivity index (χ1n) is 13.8. The molecule has 1 aliphatic carbocycles. The zero-order valence-electron chi connectivity index (χ0n) is 22.8. The number of carbonyl (C=O) groups is 1. The van der Waals surface area contributed by atoms with Crippen LogP contribution in [0.1, 0.15) is 37.8 Å². The van der Waals surface area contributed by atoms with E-state index in [2.05, 4.69) is 10.2 Å². The fourth-order valence-electron chi connectivity index (χ4n) is 5.63. The van der Waals surface area contributed by atoms with Crippen molar-refractivity contribution in [1.82, 2.24) is 10.2 Å². The Morgan fingerprint density at radius 3 is 2.54 bits per heavy atom. The molecule has 2 heterocycles. The molecule has 0 radical (unpaired) electrons. The number of ether oxygens (including phenoxy) is 5. The predicted octanol–water partition coefficient (Wildman–Crippen LogP) is 3.43. The van der Waals surface area contributed by atoms with E-state index in [9.17, 15) is 9.18 Å². The monoisotopic (exact) mass is 542 g/mol. The number of amides is 1. The van der Waals surface area contributed by atoms with Crippen LogP contribution < -0.4 is 5.32 Å². The van der Waals surface area contributed by atoms with Crippen LogP contribution >= 0.6 is 0 Å². The van der Waals surface area contributed by atoms with E-state index >= 15 is 0 Å². The summed E-state index contributed by atoms with van der Waals surface area (Å²) in [6, 6.07) is 16.3. The standard InChI is InChI=1S/C30H39FN2O6/c1-29(2)38-26-19-30(37-21-23-10-6-7-11-24(23)31,28(34)32-12-13-33-14-16-35-17-15-33)18-25(27(26)39-29)36-20-22-8-4-3-5-9-22/h3-11,25-27H,12-21H2,1-2H3,(H,32,34)/t25-,26-,27+,30-/m1/s1. The highest BCUT2D eigenvalue weighted by molar-refractivity contribution is 5.85. The van der Waals surface area contributed by atoms with Gasteiger partial charge in [0.25, 0.3) is 5.91 Å². The maximum absolute atomic E-state index is 14.5. The number of morpholine rings is 1. The molecular weight excluding hydrogens is 503 g/mol. The average molecular weight is 543 g/mol. The first-order chi connectivity index (χ1) is 18.8. The lowest BCUT2D eigenvalue weighted by Crippen LogP contribution is -2.60. The minimum absolute atomic E-state index is 0.0450. The van der Waals surface area contributed by atoms with Gasteiger partial charge in [0.2, 0.25) is 0 Å². The summed E-state index contributed by atoms with van der Waals surface area (Å²) in [7, 11) is 0. The van der Waals surface area contributed by atoms with Crippen molar-refractivity contribution in [2.75, 3.05) is 39.4 Å². The van der Waals surface area contributed by atoms with Crippen molar-refractivity contribution in [1.29, 1.82) is 0 Å². The largest absolute Gasteiger partial charge is 0.379 e. The number of nitrogens with zero attached hydrogens (tertiary/aromatic N) is 1. The topological polar surface area (TPSA) is 78.5 Å². The second-order valence-electron chi connectivity index (χ2n) is 11.0. The van der Waals surface area contributed by atoms with Crippen LogP contribution in [-0.4, -0.2) is 79.9 Å². The first kappa shape index (κ1) is 28.1. The van der Waals surface area contributed by atoms with E-state index in [1.165, 1.54) is 6.07 Å². The molecule has 1 N–H and O–H groups in total. The van der Waals surface area contributed by atoms with Crippen molar-refractivity contribution in [2.24, 2.45) is 0 Å². The molecule has 2 aromatic rings. The van der Waals surface area contributed by atoms with Gasteiger partial charge in [-0.15, -0.1) is 0 Å². The third-order valence-corrected chi connectivity index (χ3v) is 7.65. The van der Waals surface area contributed by atoms with E-state index in [4.69, 9.17) is 23.7 Å². The highest BCUT2D eigenvalue weighted by Crippen LogP contribution is 2.44. The van der Waals surface area contributed by atoms with Crippen LogP contribution in [-0.2, 0) is 41.7 Å². The van der Waals surface area contributed by atoms with Crippen molar-refractivity contribution in [3.63, 3.8) is 0 Å². The molecule has 9 heteroatoms. The molecule has 1 amide bonds. The number of hydrogen-bond acceptors (Lipinski definition) is 7. The maximum atomic E-state index is 14.5. The SMILES string of the molecule is CC1(C)O[C@H]2[C@H](OCc3ccccc3)C[C@](OCc3ccccc3F)(C(=O)NCCN3CCOCC3)C[C@H]2O1. The fourth-order valence-corrected chi connectivity index (χ4v) is 5.63. The van der Waals surface area contributed by atoms with Crippen molar-refractivity contribution in [2.45, 2.75) is 69.6 Å². The summed E-state index contributed by atoms with van der Waals surface area (Å²) in [5.74, 6) is -1.43. The molecule has 39 heavy (non-hydrogen) atoms. The van der Waals surface area contributed by atoms with Gasteiger partial charge < -0.3 is 29.0 Å². The minimum Gasteiger partial charge on any atom is -0.379 e. The number of carbonyl (C=O) groups excluding carboxylic acids is 1. The lowest BCUT2D eigenvalue weighted by molar-refractivity contribution is -0.183. The third kappa shape index (κ3) is 7.03. The Morgan fingerprint density at radius 2 is 1.77 bits per heavy atom. The molecule has 8 nitrogen and oxygen atoms in total. The van der Waals surface area contributed by atoms with E-state index in [0.717, 1.165) is 18.7 Å². The highest BCUT2D eigenvalue weighted by Gasteiger charge is 2.58. The molecule has 0 bridgehead atoms. The van der Waals surface area contributed by atoms with Gasteiger partial charge in [-0.3, -0.25) is 9.69 Å². The number of rotatable bonds is 10. The number of benzene rings is 2. The molecule has 5 rings (SSSR count). The van der Waals surface area contributed by atoms with E-state index in [1.54, 1.807) is 18.2 Å². The van der Waals surface area contributed by atoms with Crippen LogP contribution in [0.5, 0.6) is 0 Å². The molecule has 0 spiro atoms. The summed E-state index contributed by atoms with van der Waals surface area (Å²) in [6.45, 7) is 8.29. The second-order valence-corrected chi connectivity index (χ2v) is 11.0. The molecular formula is C30H39FN2O6. The lowest BCUT2D eigenvalue weighted by Gasteiger charge is -2.43. The molecule has 1 saturated carbocycles. The molecule has 212 valence electrons. The first-order valence-corrected chi connectivity index (χ1v) is 13.8. The maximum Gasteiger partial charge on any atom is 0.252 e. The van der Waals surface area contributed by atoms with Gasteiger partial charge in [0.1, 0.15) is 11.9 Å². The summed E-state index contributed by atoms with van der Waals surface area (Å²) in [5, 5.41) is 3.09. The van der Waals surface area contributed by atoms with Gasteiger partial charge in [0.15, 0.2) is 11.4 Å². The smallest absolute Gasteiger partial charge is 0.252 e. The normalized spacial score (nSPS) is 28.6. The molecule has 3 fully saturated rings. The number of halogens is 1. The molecule has 4 atom stereocenters. The summed E-state index contributed by atoms with van der Waals surface area (Å²) >= 11 is 0.